The zero-order valence-corrected chi connectivity index (χ0v) is 7.51. The highest BCUT2D eigenvalue weighted by atomic mass is 16.1. The first-order valence-corrected chi connectivity index (χ1v) is 4.42. The topological polar surface area (TPSA) is 47.0 Å². The second kappa shape index (κ2) is 3.54. The van der Waals surface area contributed by atoms with Crippen molar-refractivity contribution in [3.8, 4) is 0 Å². The average molecular weight is 187 g/mol. The predicted octanol–water partition coefficient (Wildman–Crippen LogP) is 1.26. The Bertz CT molecular complexity index is 395. The molecule has 1 aromatic heterocycles. The van der Waals surface area contributed by atoms with Gasteiger partial charge < -0.3 is 0 Å². The number of hydrogen-bond donors (Lipinski definition) is 0. The van der Waals surface area contributed by atoms with Gasteiger partial charge in [-0.1, -0.05) is 12.1 Å². The second-order valence-electron chi connectivity index (χ2n) is 3.20. The largest absolute Gasteiger partial charge is 0.298 e. The van der Waals surface area contributed by atoms with Crippen LogP contribution >= 0.6 is 0 Å². The summed E-state index contributed by atoms with van der Waals surface area (Å²) in [6.07, 6.45) is 4.72. The van der Waals surface area contributed by atoms with E-state index in [0.29, 0.717) is 5.69 Å². The Balaban J connectivity index is 2.32. The molecule has 3 nitrogen and oxygen atoms in total. The van der Waals surface area contributed by atoms with Crippen molar-refractivity contribution in [3.63, 3.8) is 0 Å². The Hall–Kier alpha value is -1.77. The molecule has 70 valence electrons. The summed E-state index contributed by atoms with van der Waals surface area (Å²) in [6, 6.07) is 5.42. The van der Waals surface area contributed by atoms with Crippen LogP contribution in [-0.2, 0) is 9.59 Å². The minimum atomic E-state index is -0.339. The van der Waals surface area contributed by atoms with E-state index in [4.69, 9.17) is 0 Å². The number of Topliss-reactive ketones (excluding diaryl/α,β-unsaturated/α-hetero) is 1. The summed E-state index contributed by atoms with van der Waals surface area (Å²) in [5, 5.41) is 0. The number of carbonyl (C=O) groups excluding carboxylic acids is 2. The third-order valence-electron chi connectivity index (χ3n) is 2.18. The van der Waals surface area contributed by atoms with Crippen LogP contribution in [0.2, 0.25) is 0 Å². The van der Waals surface area contributed by atoms with Gasteiger partial charge in [0.1, 0.15) is 0 Å². The van der Waals surface area contributed by atoms with Gasteiger partial charge in [-0.15, -0.1) is 0 Å². The maximum Gasteiger partial charge on any atom is 0.162 e. The van der Waals surface area contributed by atoms with Crippen LogP contribution in [0, 0.1) is 0 Å². The van der Waals surface area contributed by atoms with Crippen LogP contribution in [0.25, 0.3) is 0 Å². The Labute approximate surface area is 81.5 Å². The third-order valence-corrected chi connectivity index (χ3v) is 2.18. The number of hydrogen-bond acceptors (Lipinski definition) is 3. The highest BCUT2D eigenvalue weighted by Crippen LogP contribution is 2.21. The molecule has 1 atom stereocenters. The van der Waals surface area contributed by atoms with E-state index in [9.17, 15) is 9.59 Å². The molecule has 0 aromatic carbocycles. The number of ketones is 2. The van der Waals surface area contributed by atoms with Crippen molar-refractivity contribution in [3.05, 3.63) is 42.2 Å². The summed E-state index contributed by atoms with van der Waals surface area (Å²) in [6.45, 7) is 0. The van der Waals surface area contributed by atoms with E-state index in [-0.39, 0.29) is 23.9 Å². The number of carbonyl (C=O) groups is 2. The molecule has 1 heterocycles. The van der Waals surface area contributed by atoms with Gasteiger partial charge in [-0.25, -0.2) is 0 Å². The standard InChI is InChI=1S/C11H9NO2/c13-8-4-5-9(11(14)7-8)10-3-1-2-6-12-10/h1-6,9H,7H2. The highest BCUT2D eigenvalue weighted by Gasteiger charge is 2.24. The lowest BCUT2D eigenvalue weighted by molar-refractivity contribution is -0.125. The number of allylic oxidation sites excluding steroid dienone is 2. The molecular formula is C11H9NO2. The lowest BCUT2D eigenvalue weighted by Gasteiger charge is -2.13. The Morgan fingerprint density at radius 1 is 1.29 bits per heavy atom. The predicted molar refractivity (Wildman–Crippen MR) is 50.7 cm³/mol. The molecular weight excluding hydrogens is 178 g/mol. The van der Waals surface area contributed by atoms with Crippen LogP contribution < -0.4 is 0 Å². The minimum Gasteiger partial charge on any atom is -0.298 e. The SMILES string of the molecule is O=C1C=CC(c2ccccn2)C(=O)C1. The quantitative estimate of drug-likeness (QED) is 0.622. The fraction of sp³-hybridized carbons (Fsp3) is 0.182. The smallest absolute Gasteiger partial charge is 0.162 e. The van der Waals surface area contributed by atoms with Gasteiger partial charge in [0.2, 0.25) is 0 Å². The van der Waals surface area contributed by atoms with E-state index in [0.717, 1.165) is 0 Å². The molecule has 0 aliphatic heterocycles. The van der Waals surface area contributed by atoms with Crippen molar-refractivity contribution in [2.24, 2.45) is 0 Å². The van der Waals surface area contributed by atoms with Gasteiger partial charge in [-0.05, 0) is 18.2 Å². The molecule has 0 N–H and O–H groups in total. The molecule has 3 heteroatoms. The van der Waals surface area contributed by atoms with Gasteiger partial charge in [-0.2, -0.15) is 0 Å². The average Bonchev–Trinajstić information content (AvgIpc) is 2.19. The van der Waals surface area contributed by atoms with Crippen molar-refractivity contribution in [2.45, 2.75) is 12.3 Å². The molecule has 0 saturated carbocycles. The molecule has 14 heavy (non-hydrogen) atoms. The van der Waals surface area contributed by atoms with E-state index < -0.39 is 0 Å². The summed E-state index contributed by atoms with van der Waals surface area (Å²) in [5.74, 6) is -0.535. The second-order valence-corrected chi connectivity index (χ2v) is 3.20. The van der Waals surface area contributed by atoms with Crippen LogP contribution in [0.15, 0.2) is 36.5 Å². The molecule has 0 fully saturated rings. The first-order chi connectivity index (χ1) is 6.77. The van der Waals surface area contributed by atoms with Crippen molar-refractivity contribution < 1.29 is 9.59 Å². The minimum absolute atomic E-state index is 0.00224. The van der Waals surface area contributed by atoms with E-state index in [1.807, 2.05) is 6.07 Å². The van der Waals surface area contributed by atoms with E-state index >= 15 is 0 Å². The number of aromatic nitrogens is 1. The molecule has 0 radical (unpaired) electrons. The summed E-state index contributed by atoms with van der Waals surface area (Å²) in [7, 11) is 0. The molecule has 1 aliphatic carbocycles. The lowest BCUT2D eigenvalue weighted by Crippen LogP contribution is -2.19. The van der Waals surface area contributed by atoms with Crippen molar-refractivity contribution >= 4 is 11.6 Å². The molecule has 2 rings (SSSR count). The molecule has 1 aromatic rings. The Kier molecular flexibility index (Phi) is 2.23. The zero-order valence-electron chi connectivity index (χ0n) is 7.51. The van der Waals surface area contributed by atoms with Crippen LogP contribution in [0.4, 0.5) is 0 Å². The van der Waals surface area contributed by atoms with Crippen molar-refractivity contribution in [1.29, 1.82) is 0 Å². The van der Waals surface area contributed by atoms with Crippen LogP contribution in [0.5, 0.6) is 0 Å². The summed E-state index contributed by atoms with van der Waals surface area (Å²) in [5.41, 5.74) is 0.709. The summed E-state index contributed by atoms with van der Waals surface area (Å²) < 4.78 is 0. The maximum atomic E-state index is 11.5. The first kappa shape index (κ1) is 8.81. The van der Waals surface area contributed by atoms with Crippen LogP contribution in [0.3, 0.4) is 0 Å². The van der Waals surface area contributed by atoms with E-state index in [2.05, 4.69) is 4.98 Å². The van der Waals surface area contributed by atoms with Crippen LogP contribution in [0.1, 0.15) is 18.0 Å². The fourth-order valence-corrected chi connectivity index (χ4v) is 1.47. The summed E-state index contributed by atoms with van der Waals surface area (Å²) in [4.78, 5) is 26.5. The van der Waals surface area contributed by atoms with Gasteiger partial charge in [-0.3, -0.25) is 14.6 Å². The van der Waals surface area contributed by atoms with Crippen molar-refractivity contribution in [2.75, 3.05) is 0 Å². The van der Waals surface area contributed by atoms with Gasteiger partial charge in [0.15, 0.2) is 11.6 Å². The third kappa shape index (κ3) is 1.62. The monoisotopic (exact) mass is 187 g/mol. The zero-order chi connectivity index (χ0) is 9.97. The number of rotatable bonds is 1. The van der Waals surface area contributed by atoms with E-state index in [1.165, 1.54) is 6.08 Å². The summed E-state index contributed by atoms with van der Waals surface area (Å²) >= 11 is 0. The van der Waals surface area contributed by atoms with Gasteiger partial charge in [0.25, 0.3) is 0 Å². The molecule has 1 unspecified atom stereocenters. The Morgan fingerprint density at radius 3 is 2.79 bits per heavy atom. The van der Waals surface area contributed by atoms with Crippen LogP contribution in [-0.4, -0.2) is 16.6 Å². The molecule has 0 bridgehead atoms. The van der Waals surface area contributed by atoms with Crippen molar-refractivity contribution in [1.82, 2.24) is 4.98 Å². The normalized spacial score (nSPS) is 21.3. The van der Waals surface area contributed by atoms with Gasteiger partial charge in [0, 0.05) is 6.20 Å². The van der Waals surface area contributed by atoms with Gasteiger partial charge in [0.05, 0.1) is 18.0 Å². The highest BCUT2D eigenvalue weighted by molar-refractivity contribution is 6.10. The fourth-order valence-electron chi connectivity index (χ4n) is 1.47. The molecule has 0 saturated heterocycles. The first-order valence-electron chi connectivity index (χ1n) is 4.42. The maximum absolute atomic E-state index is 11.5. The van der Waals surface area contributed by atoms with Gasteiger partial charge >= 0.3 is 0 Å². The number of pyridine rings is 1. The van der Waals surface area contributed by atoms with E-state index in [1.54, 1.807) is 24.4 Å². The molecule has 0 spiro atoms. The molecule has 0 amide bonds. The molecule has 1 aliphatic rings. The number of nitrogens with zero attached hydrogens (tertiary/aromatic N) is 1. The lowest BCUT2D eigenvalue weighted by atomic mass is 9.91. The Morgan fingerprint density at radius 2 is 2.14 bits per heavy atom.